The van der Waals surface area contributed by atoms with Gasteiger partial charge in [-0.3, -0.25) is 9.69 Å². The minimum atomic E-state index is -0.364. The molecule has 1 amide bonds. The fraction of sp³-hybridized carbons (Fsp3) is 0.667. The number of aromatic nitrogens is 1. The van der Waals surface area contributed by atoms with E-state index in [1.54, 1.807) is 11.3 Å². The predicted octanol–water partition coefficient (Wildman–Crippen LogP) is 1.54. The number of hydrogen-bond donors (Lipinski definition) is 1. The molecule has 1 aromatic heterocycles. The summed E-state index contributed by atoms with van der Waals surface area (Å²) in [5.74, 6) is -0.178. The van der Waals surface area contributed by atoms with E-state index in [2.05, 4.69) is 9.88 Å². The van der Waals surface area contributed by atoms with Crippen molar-refractivity contribution in [2.45, 2.75) is 33.2 Å². The summed E-state index contributed by atoms with van der Waals surface area (Å²) in [4.78, 5) is 19.3. The van der Waals surface area contributed by atoms with Crippen LogP contribution in [0.3, 0.4) is 0 Å². The van der Waals surface area contributed by atoms with Crippen LogP contribution in [0.25, 0.3) is 0 Å². The third kappa shape index (κ3) is 2.66. The molecule has 1 aromatic rings. The van der Waals surface area contributed by atoms with Crippen molar-refractivity contribution in [2.24, 2.45) is 11.1 Å². The van der Waals surface area contributed by atoms with E-state index in [9.17, 15) is 4.79 Å². The van der Waals surface area contributed by atoms with Gasteiger partial charge in [0.2, 0.25) is 5.91 Å². The smallest absolute Gasteiger partial charge is 0.224 e. The van der Waals surface area contributed by atoms with Gasteiger partial charge >= 0.3 is 0 Å². The van der Waals surface area contributed by atoms with E-state index >= 15 is 0 Å². The maximum atomic E-state index is 11.5. The van der Waals surface area contributed by atoms with Crippen LogP contribution in [0.1, 0.15) is 30.3 Å². The topological polar surface area (TPSA) is 59.2 Å². The molecule has 1 unspecified atom stereocenters. The van der Waals surface area contributed by atoms with Crippen molar-refractivity contribution in [1.29, 1.82) is 0 Å². The van der Waals surface area contributed by atoms with Gasteiger partial charge in [-0.25, -0.2) is 4.98 Å². The van der Waals surface area contributed by atoms with E-state index in [4.69, 9.17) is 5.73 Å². The third-order valence-electron chi connectivity index (χ3n) is 3.58. The van der Waals surface area contributed by atoms with Gasteiger partial charge in [0.25, 0.3) is 0 Å². The Morgan fingerprint density at radius 3 is 3.06 bits per heavy atom. The molecule has 0 saturated carbocycles. The minimum absolute atomic E-state index is 0.178. The molecular formula is C12H19N3OS. The summed E-state index contributed by atoms with van der Waals surface area (Å²) in [6.45, 7) is 6.70. The van der Waals surface area contributed by atoms with Crippen molar-refractivity contribution < 1.29 is 4.79 Å². The van der Waals surface area contributed by atoms with Crippen LogP contribution in [0.5, 0.6) is 0 Å². The molecule has 0 aromatic carbocycles. The number of hydrogen-bond acceptors (Lipinski definition) is 4. The van der Waals surface area contributed by atoms with Crippen LogP contribution in [0.2, 0.25) is 0 Å². The molecule has 1 aliphatic rings. The van der Waals surface area contributed by atoms with Crippen LogP contribution >= 0.6 is 11.3 Å². The standard InChI is InChI=1S/C12H19N3OS/c1-9-10(17-8-14-9)6-15-5-3-4-12(2,7-15)11(13)16/h8H,3-7H2,1-2H3,(H2,13,16). The second-order valence-corrected chi connectivity index (χ2v) is 6.04. The van der Waals surface area contributed by atoms with Crippen molar-refractivity contribution in [3.8, 4) is 0 Å². The van der Waals surface area contributed by atoms with E-state index in [-0.39, 0.29) is 11.3 Å². The molecule has 1 atom stereocenters. The average Bonchev–Trinajstić information content (AvgIpc) is 2.64. The number of likely N-dealkylation sites (tertiary alicyclic amines) is 1. The molecule has 5 heteroatoms. The van der Waals surface area contributed by atoms with E-state index in [0.717, 1.165) is 38.2 Å². The lowest BCUT2D eigenvalue weighted by molar-refractivity contribution is -0.129. The lowest BCUT2D eigenvalue weighted by atomic mass is 9.81. The van der Waals surface area contributed by atoms with Crippen molar-refractivity contribution >= 4 is 17.2 Å². The molecule has 2 N–H and O–H groups in total. The zero-order valence-electron chi connectivity index (χ0n) is 10.4. The molecule has 17 heavy (non-hydrogen) atoms. The number of nitrogens with zero attached hydrogens (tertiary/aromatic N) is 2. The number of rotatable bonds is 3. The van der Waals surface area contributed by atoms with Gasteiger partial charge in [-0.15, -0.1) is 11.3 Å². The number of aryl methyl sites for hydroxylation is 1. The molecule has 1 fully saturated rings. The fourth-order valence-electron chi connectivity index (χ4n) is 2.36. The Morgan fingerprint density at radius 2 is 2.47 bits per heavy atom. The third-order valence-corrected chi connectivity index (χ3v) is 4.50. The number of carbonyl (C=O) groups excluding carboxylic acids is 1. The van der Waals surface area contributed by atoms with Crippen LogP contribution < -0.4 is 5.73 Å². The number of thiazole rings is 1. The molecule has 4 nitrogen and oxygen atoms in total. The Labute approximate surface area is 106 Å². The minimum Gasteiger partial charge on any atom is -0.369 e. The van der Waals surface area contributed by atoms with E-state index in [0.29, 0.717) is 0 Å². The summed E-state index contributed by atoms with van der Waals surface area (Å²) in [5.41, 5.74) is 8.10. The maximum absolute atomic E-state index is 11.5. The number of piperidine rings is 1. The van der Waals surface area contributed by atoms with Gasteiger partial charge in [0.15, 0.2) is 0 Å². The first-order valence-corrected chi connectivity index (χ1v) is 6.80. The number of primary amides is 1. The Bertz CT molecular complexity index is 418. The molecule has 0 radical (unpaired) electrons. The molecule has 0 bridgehead atoms. The molecular weight excluding hydrogens is 234 g/mol. The van der Waals surface area contributed by atoms with Crippen LogP contribution in [-0.4, -0.2) is 28.9 Å². The lowest BCUT2D eigenvalue weighted by Gasteiger charge is -2.38. The highest BCUT2D eigenvalue weighted by Crippen LogP contribution is 2.30. The monoisotopic (exact) mass is 253 g/mol. The van der Waals surface area contributed by atoms with Crippen LogP contribution in [-0.2, 0) is 11.3 Å². The highest BCUT2D eigenvalue weighted by Gasteiger charge is 2.36. The Hall–Kier alpha value is -0.940. The van der Waals surface area contributed by atoms with E-state index in [1.807, 2.05) is 19.4 Å². The van der Waals surface area contributed by atoms with Gasteiger partial charge in [-0.1, -0.05) is 0 Å². The van der Waals surface area contributed by atoms with E-state index < -0.39 is 0 Å². The van der Waals surface area contributed by atoms with Gasteiger partial charge in [0, 0.05) is 18.0 Å². The number of amides is 1. The van der Waals surface area contributed by atoms with Crippen molar-refractivity contribution in [3.63, 3.8) is 0 Å². The van der Waals surface area contributed by atoms with Crippen molar-refractivity contribution in [2.75, 3.05) is 13.1 Å². The first kappa shape index (κ1) is 12.5. The van der Waals surface area contributed by atoms with Gasteiger partial charge in [-0.2, -0.15) is 0 Å². The molecule has 0 aliphatic carbocycles. The Balaban J connectivity index is 2.03. The largest absolute Gasteiger partial charge is 0.369 e. The second kappa shape index (κ2) is 4.74. The normalized spacial score (nSPS) is 26.0. The fourth-order valence-corrected chi connectivity index (χ4v) is 3.18. The molecule has 2 heterocycles. The van der Waals surface area contributed by atoms with E-state index in [1.165, 1.54) is 4.88 Å². The summed E-state index contributed by atoms with van der Waals surface area (Å²) >= 11 is 1.68. The predicted molar refractivity (Wildman–Crippen MR) is 68.7 cm³/mol. The van der Waals surface area contributed by atoms with Crippen molar-refractivity contribution in [3.05, 3.63) is 16.1 Å². The summed E-state index contributed by atoms with van der Waals surface area (Å²) in [6, 6.07) is 0. The zero-order chi connectivity index (χ0) is 12.5. The van der Waals surface area contributed by atoms with Gasteiger partial charge in [0.1, 0.15) is 0 Å². The van der Waals surface area contributed by atoms with Crippen LogP contribution in [0.15, 0.2) is 5.51 Å². The lowest BCUT2D eigenvalue weighted by Crippen LogP contribution is -2.48. The SMILES string of the molecule is Cc1ncsc1CN1CCCC(C)(C(N)=O)C1. The number of nitrogens with two attached hydrogens (primary N) is 1. The molecule has 1 aliphatic heterocycles. The molecule has 1 saturated heterocycles. The second-order valence-electron chi connectivity index (χ2n) is 5.10. The Morgan fingerprint density at radius 1 is 1.71 bits per heavy atom. The summed E-state index contributed by atoms with van der Waals surface area (Å²) < 4.78 is 0. The van der Waals surface area contributed by atoms with Crippen LogP contribution in [0, 0.1) is 12.3 Å². The maximum Gasteiger partial charge on any atom is 0.224 e. The summed E-state index contributed by atoms with van der Waals surface area (Å²) in [7, 11) is 0. The van der Waals surface area contributed by atoms with Gasteiger partial charge in [-0.05, 0) is 33.2 Å². The highest BCUT2D eigenvalue weighted by atomic mass is 32.1. The molecule has 2 rings (SSSR count). The Kier molecular flexibility index (Phi) is 3.49. The molecule has 94 valence electrons. The summed E-state index contributed by atoms with van der Waals surface area (Å²) in [6.07, 6.45) is 1.94. The quantitative estimate of drug-likeness (QED) is 0.889. The first-order valence-electron chi connectivity index (χ1n) is 5.92. The van der Waals surface area contributed by atoms with Gasteiger partial charge in [0.05, 0.1) is 16.6 Å². The summed E-state index contributed by atoms with van der Waals surface area (Å²) in [5, 5.41) is 0. The average molecular weight is 253 g/mol. The van der Waals surface area contributed by atoms with Crippen LogP contribution in [0.4, 0.5) is 0 Å². The van der Waals surface area contributed by atoms with Crippen molar-refractivity contribution in [1.82, 2.24) is 9.88 Å². The zero-order valence-corrected chi connectivity index (χ0v) is 11.2. The first-order chi connectivity index (χ1) is 8.01. The number of carbonyl (C=O) groups is 1. The highest BCUT2D eigenvalue weighted by molar-refractivity contribution is 7.09. The van der Waals surface area contributed by atoms with Gasteiger partial charge < -0.3 is 5.73 Å². The molecule has 0 spiro atoms.